The van der Waals surface area contributed by atoms with Crippen LogP contribution in [-0.2, 0) is 0 Å². The third-order valence-corrected chi connectivity index (χ3v) is 5.73. The zero-order chi connectivity index (χ0) is 15.9. The van der Waals surface area contributed by atoms with E-state index in [2.05, 4.69) is 20.2 Å². The van der Waals surface area contributed by atoms with Crippen LogP contribution in [-0.4, -0.2) is 41.3 Å². The van der Waals surface area contributed by atoms with Crippen molar-refractivity contribution in [3.8, 4) is 0 Å². The molecule has 0 aliphatic carbocycles. The third-order valence-electron chi connectivity index (χ3n) is 3.68. The maximum Gasteiger partial charge on any atom is 0.252 e. The minimum atomic E-state index is -0.0512. The molecular weight excluding hydrogens is 328 g/mol. The molecule has 0 aromatic carbocycles. The Morgan fingerprint density at radius 1 is 1.30 bits per heavy atom. The molecule has 2 aromatic rings. The predicted molar refractivity (Wildman–Crippen MR) is 95.5 cm³/mol. The van der Waals surface area contributed by atoms with Crippen molar-refractivity contribution < 1.29 is 4.79 Å². The lowest BCUT2D eigenvalue weighted by molar-refractivity contribution is 0.0953. The molecule has 0 radical (unpaired) electrons. The van der Waals surface area contributed by atoms with Gasteiger partial charge in [-0.2, -0.15) is 0 Å². The molecule has 1 aliphatic rings. The second-order valence-corrected chi connectivity index (χ2v) is 7.59. The van der Waals surface area contributed by atoms with Crippen LogP contribution in [0.3, 0.4) is 0 Å². The van der Waals surface area contributed by atoms with Crippen molar-refractivity contribution in [1.29, 1.82) is 0 Å². The van der Waals surface area contributed by atoms with Crippen molar-refractivity contribution in [2.24, 2.45) is 0 Å². The number of rotatable bonds is 7. The smallest absolute Gasteiger partial charge is 0.252 e. The molecule has 1 fully saturated rings. The maximum atomic E-state index is 12.1. The van der Waals surface area contributed by atoms with Crippen molar-refractivity contribution in [3.05, 3.63) is 35.5 Å². The first kappa shape index (κ1) is 16.3. The number of aromatic nitrogens is 2. The van der Waals surface area contributed by atoms with E-state index in [1.165, 1.54) is 12.8 Å². The van der Waals surface area contributed by atoms with Crippen LogP contribution in [0, 0.1) is 0 Å². The molecule has 0 spiro atoms. The Bertz CT molecular complexity index is 610. The number of pyridine rings is 1. The van der Waals surface area contributed by atoms with Crippen LogP contribution in [0.15, 0.2) is 34.2 Å². The quantitative estimate of drug-likeness (QED) is 0.616. The molecule has 1 amide bonds. The second kappa shape index (κ2) is 8.31. The number of carbonyl (C=O) groups is 1. The third kappa shape index (κ3) is 4.68. The Morgan fingerprint density at radius 2 is 2.17 bits per heavy atom. The van der Waals surface area contributed by atoms with E-state index in [-0.39, 0.29) is 5.91 Å². The van der Waals surface area contributed by atoms with Gasteiger partial charge in [0.25, 0.3) is 5.91 Å². The number of thioether (sulfide) groups is 1. The zero-order valence-electron chi connectivity index (χ0n) is 12.9. The Kier molecular flexibility index (Phi) is 5.87. The molecule has 1 aliphatic heterocycles. The zero-order valence-corrected chi connectivity index (χ0v) is 14.5. The van der Waals surface area contributed by atoms with Crippen LogP contribution in [0.25, 0.3) is 0 Å². The van der Waals surface area contributed by atoms with Crippen molar-refractivity contribution in [2.45, 2.75) is 23.6 Å². The summed E-state index contributed by atoms with van der Waals surface area (Å²) in [6, 6.07) is 3.80. The van der Waals surface area contributed by atoms with E-state index in [0.717, 1.165) is 35.4 Å². The Labute approximate surface area is 144 Å². The average Bonchev–Trinajstić information content (AvgIpc) is 3.28. The van der Waals surface area contributed by atoms with Crippen LogP contribution in [0.1, 0.15) is 29.6 Å². The molecule has 7 heteroatoms. The molecule has 0 bridgehead atoms. The highest BCUT2D eigenvalue weighted by molar-refractivity contribution is 8.00. The van der Waals surface area contributed by atoms with E-state index in [4.69, 9.17) is 0 Å². The lowest BCUT2D eigenvalue weighted by Crippen LogP contribution is -2.25. The molecule has 1 N–H and O–H groups in total. The SMILES string of the molecule is O=C(NCCCSc1nccs1)c1ccc(N2CCCC2)nc1. The van der Waals surface area contributed by atoms with Gasteiger partial charge in [-0.1, -0.05) is 11.8 Å². The summed E-state index contributed by atoms with van der Waals surface area (Å²) in [5.41, 5.74) is 0.625. The van der Waals surface area contributed by atoms with Crippen LogP contribution in [0.2, 0.25) is 0 Å². The van der Waals surface area contributed by atoms with Gasteiger partial charge in [0.1, 0.15) is 10.2 Å². The van der Waals surface area contributed by atoms with Gasteiger partial charge < -0.3 is 10.2 Å². The first-order valence-electron chi connectivity index (χ1n) is 7.84. The molecule has 3 rings (SSSR count). The van der Waals surface area contributed by atoms with E-state index < -0.39 is 0 Å². The maximum absolute atomic E-state index is 12.1. The van der Waals surface area contributed by atoms with E-state index >= 15 is 0 Å². The average molecular weight is 348 g/mol. The number of amides is 1. The first-order valence-corrected chi connectivity index (χ1v) is 9.71. The van der Waals surface area contributed by atoms with Crippen LogP contribution in [0.5, 0.6) is 0 Å². The number of nitrogens with zero attached hydrogens (tertiary/aromatic N) is 3. The molecule has 2 aromatic heterocycles. The molecule has 5 nitrogen and oxygen atoms in total. The van der Waals surface area contributed by atoms with Gasteiger partial charge in [-0.3, -0.25) is 4.79 Å². The first-order chi connectivity index (χ1) is 11.3. The number of hydrogen-bond acceptors (Lipinski definition) is 6. The molecule has 0 unspecified atom stereocenters. The van der Waals surface area contributed by atoms with Gasteiger partial charge >= 0.3 is 0 Å². The monoisotopic (exact) mass is 348 g/mol. The summed E-state index contributed by atoms with van der Waals surface area (Å²) in [4.78, 5) is 23.0. The second-order valence-electron chi connectivity index (χ2n) is 5.36. The fraction of sp³-hybridized carbons (Fsp3) is 0.438. The fourth-order valence-electron chi connectivity index (χ4n) is 2.47. The Morgan fingerprint density at radius 3 is 2.87 bits per heavy atom. The largest absolute Gasteiger partial charge is 0.357 e. The van der Waals surface area contributed by atoms with E-state index in [1.54, 1.807) is 29.3 Å². The number of thiazole rings is 1. The lowest BCUT2D eigenvalue weighted by Gasteiger charge is -2.16. The van der Waals surface area contributed by atoms with Gasteiger partial charge in [0.15, 0.2) is 0 Å². The van der Waals surface area contributed by atoms with Crippen molar-refractivity contribution >= 4 is 34.8 Å². The number of nitrogens with one attached hydrogen (secondary N) is 1. The van der Waals surface area contributed by atoms with E-state index in [0.29, 0.717) is 12.1 Å². The van der Waals surface area contributed by atoms with Crippen LogP contribution in [0.4, 0.5) is 5.82 Å². The standard InChI is InChI=1S/C16H20N4OS2/c21-15(17-6-3-10-22-16-18-7-11-23-16)13-4-5-14(19-12-13)20-8-1-2-9-20/h4-5,7,11-12H,1-3,6,8-10H2,(H,17,21). The lowest BCUT2D eigenvalue weighted by atomic mass is 10.2. The summed E-state index contributed by atoms with van der Waals surface area (Å²) in [6.45, 7) is 2.80. The summed E-state index contributed by atoms with van der Waals surface area (Å²) < 4.78 is 1.08. The van der Waals surface area contributed by atoms with Gasteiger partial charge in [0.05, 0.1) is 5.56 Å². The Hall–Kier alpha value is -1.60. The Balaban J connectivity index is 1.39. The van der Waals surface area contributed by atoms with E-state index in [9.17, 15) is 4.79 Å². The van der Waals surface area contributed by atoms with Crippen molar-refractivity contribution in [3.63, 3.8) is 0 Å². The summed E-state index contributed by atoms with van der Waals surface area (Å²) >= 11 is 3.38. The van der Waals surface area contributed by atoms with Gasteiger partial charge in [-0.05, 0) is 31.4 Å². The number of anilines is 1. The summed E-state index contributed by atoms with van der Waals surface area (Å²) in [7, 11) is 0. The van der Waals surface area contributed by atoms with Crippen molar-refractivity contribution in [2.75, 3.05) is 30.3 Å². The molecular formula is C16H20N4OS2. The summed E-state index contributed by atoms with van der Waals surface area (Å²) in [5.74, 6) is 1.88. The molecule has 122 valence electrons. The minimum absolute atomic E-state index is 0.0512. The number of hydrogen-bond donors (Lipinski definition) is 1. The van der Waals surface area contributed by atoms with Gasteiger partial charge in [0, 0.05) is 43.2 Å². The van der Waals surface area contributed by atoms with Crippen LogP contribution < -0.4 is 10.2 Å². The highest BCUT2D eigenvalue weighted by atomic mass is 32.2. The fourth-order valence-corrected chi connectivity index (χ4v) is 4.12. The summed E-state index contributed by atoms with van der Waals surface area (Å²) in [6.07, 6.45) is 6.86. The molecule has 1 saturated heterocycles. The predicted octanol–water partition coefficient (Wildman–Crippen LogP) is 3.05. The van der Waals surface area contributed by atoms with Crippen molar-refractivity contribution in [1.82, 2.24) is 15.3 Å². The van der Waals surface area contributed by atoms with E-state index in [1.807, 2.05) is 23.7 Å². The minimum Gasteiger partial charge on any atom is -0.357 e. The topological polar surface area (TPSA) is 58.1 Å². The summed E-state index contributed by atoms with van der Waals surface area (Å²) in [5, 5.41) is 4.92. The highest BCUT2D eigenvalue weighted by Gasteiger charge is 2.14. The van der Waals surface area contributed by atoms with Crippen LogP contribution >= 0.6 is 23.1 Å². The molecule has 0 atom stereocenters. The molecule has 0 saturated carbocycles. The highest BCUT2D eigenvalue weighted by Crippen LogP contribution is 2.20. The normalized spacial score (nSPS) is 14.2. The van der Waals surface area contributed by atoms with Gasteiger partial charge in [-0.25, -0.2) is 9.97 Å². The van der Waals surface area contributed by atoms with Gasteiger partial charge in [0.2, 0.25) is 0 Å². The number of carbonyl (C=O) groups excluding carboxylic acids is 1. The molecule has 23 heavy (non-hydrogen) atoms. The molecule has 3 heterocycles. The van der Waals surface area contributed by atoms with Gasteiger partial charge in [-0.15, -0.1) is 11.3 Å².